The van der Waals surface area contributed by atoms with Crippen molar-refractivity contribution in [1.29, 1.82) is 0 Å². The fourth-order valence-corrected chi connectivity index (χ4v) is 4.31. The Balaban J connectivity index is 2.49. The second kappa shape index (κ2) is 11.7. The van der Waals surface area contributed by atoms with Gasteiger partial charge in [-0.2, -0.15) is 0 Å². The molecule has 0 saturated carbocycles. The highest BCUT2D eigenvalue weighted by molar-refractivity contribution is 7.92. The topological polar surface area (TPSA) is 105 Å². The molecule has 0 aliphatic rings. The average molecular weight is 492 g/mol. The number of methoxy groups -OCH3 is 2. The predicted octanol–water partition coefficient (Wildman–Crippen LogP) is 2.33. The normalized spacial score (nSPS) is 11.9. The van der Waals surface area contributed by atoms with Crippen LogP contribution < -0.4 is 19.1 Å². The van der Waals surface area contributed by atoms with Crippen LogP contribution in [0.1, 0.15) is 25.0 Å². The summed E-state index contributed by atoms with van der Waals surface area (Å²) in [7, 11) is -1.02. The van der Waals surface area contributed by atoms with Crippen molar-refractivity contribution in [2.75, 3.05) is 37.9 Å². The van der Waals surface area contributed by atoms with Crippen molar-refractivity contribution < 1.29 is 27.5 Å². The summed E-state index contributed by atoms with van der Waals surface area (Å²) < 4.78 is 37.1. The summed E-state index contributed by atoms with van der Waals surface area (Å²) in [5, 5.41) is 2.73. The van der Waals surface area contributed by atoms with Gasteiger partial charge in [0.15, 0.2) is 0 Å². The molecule has 0 heterocycles. The van der Waals surface area contributed by atoms with Crippen molar-refractivity contribution in [2.45, 2.75) is 33.4 Å². The van der Waals surface area contributed by atoms with Gasteiger partial charge < -0.3 is 19.7 Å². The number of carbonyl (C=O) groups is 2. The second-order valence-corrected chi connectivity index (χ2v) is 9.73. The lowest BCUT2D eigenvalue weighted by Gasteiger charge is -2.32. The first-order valence-corrected chi connectivity index (χ1v) is 12.7. The van der Waals surface area contributed by atoms with Crippen LogP contribution in [-0.2, 0) is 26.2 Å². The van der Waals surface area contributed by atoms with Crippen molar-refractivity contribution in [3.05, 3.63) is 53.6 Å². The molecule has 186 valence electrons. The molecule has 0 unspecified atom stereocenters. The van der Waals surface area contributed by atoms with Crippen LogP contribution >= 0.6 is 0 Å². The number of likely N-dealkylation sites (N-methyl/N-ethyl adjacent to an activating group) is 1. The number of nitrogens with one attached hydrogen (secondary N) is 1. The maximum absolute atomic E-state index is 13.6. The minimum atomic E-state index is -3.89. The Hall–Kier alpha value is -3.27. The lowest BCUT2D eigenvalue weighted by atomic mass is 10.1. The lowest BCUT2D eigenvalue weighted by Crippen LogP contribution is -2.51. The van der Waals surface area contributed by atoms with E-state index < -0.39 is 28.5 Å². The molecule has 0 bridgehead atoms. The van der Waals surface area contributed by atoms with Crippen LogP contribution in [0.4, 0.5) is 5.69 Å². The van der Waals surface area contributed by atoms with Gasteiger partial charge in [-0.1, -0.05) is 24.3 Å². The summed E-state index contributed by atoms with van der Waals surface area (Å²) in [6.45, 7) is 5.37. The molecule has 0 aliphatic heterocycles. The smallest absolute Gasteiger partial charge is 0.244 e. The fraction of sp³-hybridized carbons (Fsp3) is 0.417. The van der Waals surface area contributed by atoms with Gasteiger partial charge in [-0.05, 0) is 44.0 Å². The number of amides is 2. The number of anilines is 1. The Kier molecular flexibility index (Phi) is 9.31. The number of hydrogen-bond donors (Lipinski definition) is 1. The highest BCUT2D eigenvalue weighted by Crippen LogP contribution is 2.34. The molecule has 34 heavy (non-hydrogen) atoms. The van der Waals surface area contributed by atoms with Crippen molar-refractivity contribution in [3.8, 4) is 11.5 Å². The van der Waals surface area contributed by atoms with Crippen molar-refractivity contribution >= 4 is 27.5 Å². The molecule has 9 nitrogen and oxygen atoms in total. The molecule has 0 fully saturated rings. The van der Waals surface area contributed by atoms with E-state index in [1.54, 1.807) is 26.0 Å². The van der Waals surface area contributed by atoms with Crippen LogP contribution in [-0.4, -0.2) is 64.7 Å². The molecule has 2 rings (SSSR count). The maximum Gasteiger partial charge on any atom is 0.244 e. The number of benzene rings is 2. The first-order valence-electron chi connectivity index (χ1n) is 10.8. The monoisotopic (exact) mass is 491 g/mol. The van der Waals surface area contributed by atoms with Gasteiger partial charge in [0.1, 0.15) is 24.1 Å². The first-order chi connectivity index (χ1) is 16.0. The Morgan fingerprint density at radius 3 is 2.32 bits per heavy atom. The molecule has 0 radical (unpaired) electrons. The van der Waals surface area contributed by atoms with Crippen LogP contribution in [0, 0.1) is 6.92 Å². The van der Waals surface area contributed by atoms with E-state index in [2.05, 4.69) is 5.32 Å². The van der Waals surface area contributed by atoms with E-state index in [0.717, 1.165) is 21.7 Å². The maximum atomic E-state index is 13.6. The fourth-order valence-electron chi connectivity index (χ4n) is 3.46. The van der Waals surface area contributed by atoms with Gasteiger partial charge >= 0.3 is 0 Å². The van der Waals surface area contributed by atoms with E-state index in [-0.39, 0.29) is 23.9 Å². The SMILES string of the molecule is CCNC(=O)[C@H](C)N(Cc1ccccc1C)C(=O)CN(c1cc(OC)ccc1OC)S(C)(=O)=O. The van der Waals surface area contributed by atoms with Crippen LogP contribution in [0.25, 0.3) is 0 Å². The van der Waals surface area contributed by atoms with E-state index in [9.17, 15) is 18.0 Å². The minimum absolute atomic E-state index is 0.149. The molecule has 2 amide bonds. The molecular weight excluding hydrogens is 458 g/mol. The van der Waals surface area contributed by atoms with Crippen LogP contribution in [0.2, 0.25) is 0 Å². The zero-order valence-electron chi connectivity index (χ0n) is 20.5. The van der Waals surface area contributed by atoms with Gasteiger partial charge in [0.2, 0.25) is 21.8 Å². The molecule has 0 aromatic heterocycles. The van der Waals surface area contributed by atoms with Crippen molar-refractivity contribution in [2.24, 2.45) is 0 Å². The van der Waals surface area contributed by atoms with Gasteiger partial charge in [0.25, 0.3) is 0 Å². The number of sulfonamides is 1. The summed E-state index contributed by atoms with van der Waals surface area (Å²) in [5.74, 6) is -0.183. The molecule has 2 aromatic carbocycles. The second-order valence-electron chi connectivity index (χ2n) is 7.83. The number of aryl methyl sites for hydroxylation is 1. The Labute approximate surface area is 201 Å². The van der Waals surface area contributed by atoms with Crippen LogP contribution in [0.15, 0.2) is 42.5 Å². The van der Waals surface area contributed by atoms with Crippen molar-refractivity contribution in [1.82, 2.24) is 10.2 Å². The standard InChI is InChI=1S/C24H33N3O6S/c1-7-25-24(29)18(3)26(15-19-11-9-8-10-17(19)2)23(28)16-27(34(6,30)31)21-14-20(32-4)12-13-22(21)33-5/h8-14,18H,7,15-16H2,1-6H3,(H,25,29)/t18-/m0/s1. The minimum Gasteiger partial charge on any atom is -0.497 e. The van der Waals surface area contributed by atoms with Gasteiger partial charge in [0.05, 0.1) is 26.2 Å². The molecule has 10 heteroatoms. The third kappa shape index (κ3) is 6.63. The van der Waals surface area contributed by atoms with Crippen LogP contribution in [0.5, 0.6) is 11.5 Å². The molecule has 2 aromatic rings. The molecule has 1 atom stereocenters. The third-order valence-corrected chi connectivity index (χ3v) is 6.58. The van der Waals surface area contributed by atoms with E-state index in [1.165, 1.54) is 25.2 Å². The van der Waals surface area contributed by atoms with E-state index in [4.69, 9.17) is 9.47 Å². The highest BCUT2D eigenvalue weighted by atomic mass is 32.2. The number of nitrogens with zero attached hydrogens (tertiary/aromatic N) is 2. The van der Waals surface area contributed by atoms with Gasteiger partial charge in [-0.25, -0.2) is 8.42 Å². The molecule has 1 N–H and O–H groups in total. The predicted molar refractivity (Wildman–Crippen MR) is 132 cm³/mol. The summed E-state index contributed by atoms with van der Waals surface area (Å²) in [5.41, 5.74) is 1.98. The number of hydrogen-bond acceptors (Lipinski definition) is 6. The molecule has 0 spiro atoms. The average Bonchev–Trinajstić information content (AvgIpc) is 2.80. The summed E-state index contributed by atoms with van der Waals surface area (Å²) in [6, 6.07) is 11.4. The van der Waals surface area contributed by atoms with Crippen molar-refractivity contribution in [3.63, 3.8) is 0 Å². The van der Waals surface area contributed by atoms with E-state index >= 15 is 0 Å². The summed E-state index contributed by atoms with van der Waals surface area (Å²) >= 11 is 0. The van der Waals surface area contributed by atoms with Gasteiger partial charge in [0, 0.05) is 19.2 Å². The highest BCUT2D eigenvalue weighted by Gasteiger charge is 2.31. The summed E-state index contributed by atoms with van der Waals surface area (Å²) in [4.78, 5) is 27.6. The van der Waals surface area contributed by atoms with E-state index in [1.807, 2.05) is 31.2 Å². The van der Waals surface area contributed by atoms with Gasteiger partial charge in [-0.3, -0.25) is 13.9 Å². The largest absolute Gasteiger partial charge is 0.497 e. The number of carbonyl (C=O) groups excluding carboxylic acids is 2. The third-order valence-electron chi connectivity index (χ3n) is 5.45. The van der Waals surface area contributed by atoms with E-state index in [0.29, 0.717) is 12.3 Å². The molecular formula is C24H33N3O6S. The zero-order chi connectivity index (χ0) is 25.5. The Morgan fingerprint density at radius 1 is 1.09 bits per heavy atom. The quantitative estimate of drug-likeness (QED) is 0.517. The lowest BCUT2D eigenvalue weighted by molar-refractivity contribution is -0.139. The summed E-state index contributed by atoms with van der Waals surface area (Å²) in [6.07, 6.45) is 1.01. The molecule has 0 saturated heterocycles. The Bertz CT molecular complexity index is 1120. The van der Waals surface area contributed by atoms with Crippen LogP contribution in [0.3, 0.4) is 0 Å². The van der Waals surface area contributed by atoms with Gasteiger partial charge in [-0.15, -0.1) is 0 Å². The number of rotatable bonds is 11. The number of ether oxygens (including phenoxy) is 2. The zero-order valence-corrected chi connectivity index (χ0v) is 21.3. The molecule has 0 aliphatic carbocycles. The Morgan fingerprint density at radius 2 is 1.76 bits per heavy atom. The first kappa shape index (κ1) is 27.0.